The number of aromatic nitrogens is 1. The maximum Gasteiger partial charge on any atom is 0.164 e. The molecule has 1 aromatic heterocycles. The molecule has 0 saturated heterocycles. The Balaban J connectivity index is 2.08. The second-order valence-corrected chi connectivity index (χ2v) is 5.96. The van der Waals surface area contributed by atoms with Crippen molar-refractivity contribution in [3.63, 3.8) is 0 Å². The third-order valence-electron chi connectivity index (χ3n) is 4.17. The molecule has 3 rings (SSSR count). The first-order chi connectivity index (χ1) is 9.58. The zero-order valence-electron chi connectivity index (χ0n) is 11.8. The molecule has 0 radical (unpaired) electrons. The first-order valence-electron chi connectivity index (χ1n) is 7.07. The molecule has 0 bridgehead atoms. The number of halogens is 1. The van der Waals surface area contributed by atoms with Crippen LogP contribution in [0.5, 0.6) is 0 Å². The molecule has 0 aliphatic heterocycles. The fourth-order valence-corrected chi connectivity index (χ4v) is 3.41. The van der Waals surface area contributed by atoms with Crippen LogP contribution in [0, 0.1) is 6.92 Å². The molecule has 20 heavy (non-hydrogen) atoms. The molecule has 1 unspecified atom stereocenters. The average molecular weight is 288 g/mol. The molecule has 2 aromatic rings. The van der Waals surface area contributed by atoms with E-state index >= 15 is 0 Å². The van der Waals surface area contributed by atoms with E-state index in [0.717, 1.165) is 29.1 Å². The molecule has 1 aliphatic rings. The van der Waals surface area contributed by atoms with Gasteiger partial charge in [-0.05, 0) is 50.5 Å². The van der Waals surface area contributed by atoms with Gasteiger partial charge in [0.15, 0.2) is 5.78 Å². The number of hydrogen-bond donors (Lipinski definition) is 0. The normalized spacial score (nSPS) is 16.1. The number of ketones is 1. The lowest BCUT2D eigenvalue weighted by molar-refractivity contribution is 0.0971. The van der Waals surface area contributed by atoms with Crippen LogP contribution in [0.2, 0.25) is 5.02 Å². The van der Waals surface area contributed by atoms with Crippen LogP contribution >= 0.6 is 11.6 Å². The van der Waals surface area contributed by atoms with Crippen molar-refractivity contribution in [1.82, 2.24) is 4.57 Å². The predicted molar refractivity (Wildman–Crippen MR) is 81.7 cm³/mol. The summed E-state index contributed by atoms with van der Waals surface area (Å²) in [5.41, 5.74) is 4.43. The first kappa shape index (κ1) is 13.4. The molecule has 104 valence electrons. The van der Waals surface area contributed by atoms with Crippen LogP contribution in [0.4, 0.5) is 0 Å². The summed E-state index contributed by atoms with van der Waals surface area (Å²) in [5, 5.41) is 0.754. The number of benzene rings is 1. The highest BCUT2D eigenvalue weighted by atomic mass is 35.5. The number of carbonyl (C=O) groups is 1. The average Bonchev–Trinajstić information content (AvgIpc) is 2.76. The van der Waals surface area contributed by atoms with Crippen LogP contribution in [-0.4, -0.2) is 10.4 Å². The Labute approximate surface area is 124 Å². The van der Waals surface area contributed by atoms with E-state index in [1.807, 2.05) is 24.3 Å². The van der Waals surface area contributed by atoms with Crippen LogP contribution in [0.25, 0.3) is 0 Å². The van der Waals surface area contributed by atoms with Crippen molar-refractivity contribution in [3.05, 3.63) is 57.9 Å². The first-order valence-corrected chi connectivity index (χ1v) is 7.45. The standard InChI is InChI=1S/C17H18ClNO/c1-11-9-15-16(7-4-8-17(15)20)19(11)12(2)13-5-3-6-14(18)10-13/h3,5-6,9-10,12H,4,7-8H2,1-2H3. The summed E-state index contributed by atoms with van der Waals surface area (Å²) in [6, 6.07) is 10.2. The maximum absolute atomic E-state index is 12.0. The highest BCUT2D eigenvalue weighted by Gasteiger charge is 2.25. The Bertz CT molecular complexity index is 672. The van der Waals surface area contributed by atoms with Crippen molar-refractivity contribution in [2.45, 2.75) is 39.2 Å². The molecule has 1 heterocycles. The van der Waals surface area contributed by atoms with Crippen LogP contribution in [0.3, 0.4) is 0 Å². The van der Waals surface area contributed by atoms with Gasteiger partial charge in [-0.15, -0.1) is 0 Å². The fraction of sp³-hybridized carbons (Fsp3) is 0.353. The highest BCUT2D eigenvalue weighted by molar-refractivity contribution is 6.30. The molecule has 1 aromatic carbocycles. The lowest BCUT2D eigenvalue weighted by Crippen LogP contribution is -2.16. The van der Waals surface area contributed by atoms with Gasteiger partial charge in [0.2, 0.25) is 0 Å². The van der Waals surface area contributed by atoms with Crippen molar-refractivity contribution in [2.75, 3.05) is 0 Å². The van der Waals surface area contributed by atoms with E-state index in [0.29, 0.717) is 6.42 Å². The van der Waals surface area contributed by atoms with Crippen molar-refractivity contribution < 1.29 is 4.79 Å². The Morgan fingerprint density at radius 3 is 2.80 bits per heavy atom. The molecule has 1 aliphatic carbocycles. The third-order valence-corrected chi connectivity index (χ3v) is 4.41. The van der Waals surface area contributed by atoms with E-state index in [2.05, 4.69) is 24.5 Å². The van der Waals surface area contributed by atoms with Gasteiger partial charge in [-0.25, -0.2) is 0 Å². The summed E-state index contributed by atoms with van der Waals surface area (Å²) in [6.07, 6.45) is 2.62. The van der Waals surface area contributed by atoms with Gasteiger partial charge >= 0.3 is 0 Å². The minimum atomic E-state index is 0.198. The summed E-state index contributed by atoms with van der Waals surface area (Å²) in [7, 11) is 0. The van der Waals surface area contributed by atoms with Crippen LogP contribution in [0.1, 0.15) is 53.1 Å². The third kappa shape index (κ3) is 2.18. The van der Waals surface area contributed by atoms with Gasteiger partial charge in [0, 0.05) is 28.4 Å². The summed E-state index contributed by atoms with van der Waals surface area (Å²) in [6.45, 7) is 4.24. The zero-order chi connectivity index (χ0) is 14.3. The highest BCUT2D eigenvalue weighted by Crippen LogP contribution is 2.31. The summed E-state index contributed by atoms with van der Waals surface area (Å²) >= 11 is 6.09. The van der Waals surface area contributed by atoms with Gasteiger partial charge < -0.3 is 4.57 Å². The number of rotatable bonds is 2. The number of Topliss-reactive ketones (excluding diaryl/α,β-unsaturated/α-hetero) is 1. The molecule has 0 amide bonds. The molecule has 2 nitrogen and oxygen atoms in total. The fourth-order valence-electron chi connectivity index (χ4n) is 3.21. The minimum Gasteiger partial charge on any atom is -0.341 e. The van der Waals surface area contributed by atoms with Crippen molar-refractivity contribution in [1.29, 1.82) is 0 Å². The zero-order valence-corrected chi connectivity index (χ0v) is 12.6. The Morgan fingerprint density at radius 2 is 2.05 bits per heavy atom. The SMILES string of the molecule is Cc1cc2c(n1C(C)c1cccc(Cl)c1)CCCC2=O. The van der Waals surface area contributed by atoms with E-state index in [9.17, 15) is 4.79 Å². The molecule has 0 N–H and O–H groups in total. The second-order valence-electron chi connectivity index (χ2n) is 5.52. The monoisotopic (exact) mass is 287 g/mol. The van der Waals surface area contributed by atoms with Gasteiger partial charge in [-0.1, -0.05) is 23.7 Å². The van der Waals surface area contributed by atoms with Crippen molar-refractivity contribution in [3.8, 4) is 0 Å². The van der Waals surface area contributed by atoms with Crippen molar-refractivity contribution in [2.24, 2.45) is 0 Å². The van der Waals surface area contributed by atoms with Gasteiger partial charge in [0.05, 0.1) is 6.04 Å². The molecule has 0 spiro atoms. The number of nitrogens with zero attached hydrogens (tertiary/aromatic N) is 1. The Hall–Kier alpha value is -1.54. The number of hydrogen-bond acceptors (Lipinski definition) is 1. The van der Waals surface area contributed by atoms with Crippen LogP contribution in [0.15, 0.2) is 30.3 Å². The Morgan fingerprint density at radius 1 is 1.25 bits per heavy atom. The largest absolute Gasteiger partial charge is 0.341 e. The molecule has 0 saturated carbocycles. The lowest BCUT2D eigenvalue weighted by atomic mass is 9.96. The van der Waals surface area contributed by atoms with E-state index in [-0.39, 0.29) is 11.8 Å². The van der Waals surface area contributed by atoms with Crippen LogP contribution in [-0.2, 0) is 6.42 Å². The molecule has 3 heteroatoms. The van der Waals surface area contributed by atoms with Gasteiger partial charge in [-0.2, -0.15) is 0 Å². The van der Waals surface area contributed by atoms with Gasteiger partial charge in [0.1, 0.15) is 0 Å². The number of aryl methyl sites for hydroxylation is 1. The maximum atomic E-state index is 12.0. The van der Waals surface area contributed by atoms with Crippen LogP contribution < -0.4 is 0 Å². The van der Waals surface area contributed by atoms with E-state index in [1.54, 1.807) is 0 Å². The number of carbonyl (C=O) groups excluding carboxylic acids is 1. The van der Waals surface area contributed by atoms with Crippen molar-refractivity contribution >= 4 is 17.4 Å². The van der Waals surface area contributed by atoms with E-state index < -0.39 is 0 Å². The predicted octanol–water partition coefficient (Wildman–Crippen LogP) is 4.58. The molecule has 0 fully saturated rings. The summed E-state index contributed by atoms with van der Waals surface area (Å²) in [5.74, 6) is 0.284. The summed E-state index contributed by atoms with van der Waals surface area (Å²) in [4.78, 5) is 12.0. The number of fused-ring (bicyclic) bond motifs is 1. The summed E-state index contributed by atoms with van der Waals surface area (Å²) < 4.78 is 2.29. The lowest BCUT2D eigenvalue weighted by Gasteiger charge is -2.22. The molecular weight excluding hydrogens is 270 g/mol. The Kier molecular flexibility index (Phi) is 3.43. The van der Waals surface area contributed by atoms with E-state index in [4.69, 9.17) is 11.6 Å². The topological polar surface area (TPSA) is 22.0 Å². The van der Waals surface area contributed by atoms with Gasteiger partial charge in [-0.3, -0.25) is 4.79 Å². The minimum absolute atomic E-state index is 0.198. The second kappa shape index (κ2) is 5.10. The smallest absolute Gasteiger partial charge is 0.164 e. The van der Waals surface area contributed by atoms with Gasteiger partial charge in [0.25, 0.3) is 0 Å². The quantitative estimate of drug-likeness (QED) is 0.792. The molecule has 1 atom stereocenters. The van der Waals surface area contributed by atoms with E-state index in [1.165, 1.54) is 11.3 Å². The molecular formula is C17H18ClNO.